The van der Waals surface area contributed by atoms with Crippen LogP contribution in [0.25, 0.3) is 6.08 Å². The summed E-state index contributed by atoms with van der Waals surface area (Å²) in [5, 5.41) is 23.5. The molecule has 0 unspecified atom stereocenters. The van der Waals surface area contributed by atoms with Crippen molar-refractivity contribution >= 4 is 46.3 Å². The summed E-state index contributed by atoms with van der Waals surface area (Å²) in [5.74, 6) is -0.771. The van der Waals surface area contributed by atoms with E-state index in [0.717, 1.165) is 16.5 Å². The van der Waals surface area contributed by atoms with Crippen LogP contribution in [0, 0.1) is 13.7 Å². The second kappa shape index (κ2) is 7.12. The van der Waals surface area contributed by atoms with E-state index >= 15 is 0 Å². The molecule has 0 atom stereocenters. The molecule has 2 aromatic rings. The number of carbonyl (C=O) groups excluding carboxylic acids is 2. The highest BCUT2D eigenvalue weighted by Gasteiger charge is 2.33. The molecular weight excluding hydrogens is 453 g/mol. The van der Waals surface area contributed by atoms with Crippen molar-refractivity contribution in [3.63, 3.8) is 0 Å². The number of phenolic OH excluding ortho intramolecular Hbond substituents is 1. The molecule has 3 amide bonds. The molecule has 0 spiro atoms. The van der Waals surface area contributed by atoms with E-state index in [1.807, 2.05) is 6.07 Å². The maximum absolute atomic E-state index is 12.5. The Balaban J connectivity index is 1.92. The molecule has 0 bridgehead atoms. The van der Waals surface area contributed by atoms with Gasteiger partial charge in [-0.2, -0.15) is 0 Å². The monoisotopic (exact) mass is 465 g/mol. The number of amides is 3. The lowest BCUT2D eigenvalue weighted by molar-refractivity contribution is -0.385. The first kappa shape index (κ1) is 17.9. The van der Waals surface area contributed by atoms with Gasteiger partial charge < -0.3 is 10.4 Å². The van der Waals surface area contributed by atoms with E-state index in [4.69, 9.17) is 0 Å². The van der Waals surface area contributed by atoms with Crippen LogP contribution in [-0.4, -0.2) is 26.9 Å². The molecule has 0 saturated carbocycles. The van der Waals surface area contributed by atoms with Gasteiger partial charge in [0.2, 0.25) is 0 Å². The Morgan fingerprint density at radius 1 is 1.23 bits per heavy atom. The molecule has 8 nitrogen and oxygen atoms in total. The van der Waals surface area contributed by atoms with Crippen LogP contribution < -0.4 is 5.32 Å². The number of carbonyl (C=O) groups is 2. The summed E-state index contributed by atoms with van der Waals surface area (Å²) in [4.78, 5) is 36.0. The Morgan fingerprint density at radius 3 is 2.58 bits per heavy atom. The average Bonchev–Trinajstić information content (AvgIpc) is 2.87. The minimum absolute atomic E-state index is 0.0578. The third-order valence-corrected chi connectivity index (χ3v) is 4.56. The smallest absolute Gasteiger partial charge is 0.329 e. The summed E-state index contributed by atoms with van der Waals surface area (Å²) in [7, 11) is 0. The summed E-state index contributed by atoms with van der Waals surface area (Å²) in [6, 6.07) is 10.8. The maximum atomic E-state index is 12.5. The molecule has 0 aromatic heterocycles. The zero-order valence-corrected chi connectivity index (χ0v) is 15.3. The van der Waals surface area contributed by atoms with E-state index < -0.39 is 16.9 Å². The number of imide groups is 1. The highest BCUT2D eigenvalue weighted by atomic mass is 127. The van der Waals surface area contributed by atoms with Gasteiger partial charge in [-0.15, -0.1) is 0 Å². The van der Waals surface area contributed by atoms with Crippen molar-refractivity contribution in [1.29, 1.82) is 0 Å². The molecule has 0 radical (unpaired) electrons. The lowest BCUT2D eigenvalue weighted by Gasteiger charge is -2.11. The zero-order chi connectivity index (χ0) is 18.8. The highest BCUT2D eigenvalue weighted by molar-refractivity contribution is 14.1. The highest BCUT2D eigenvalue weighted by Crippen LogP contribution is 2.31. The van der Waals surface area contributed by atoms with Crippen molar-refractivity contribution in [2.45, 2.75) is 6.54 Å². The molecule has 1 aliphatic rings. The number of rotatable bonds is 4. The Morgan fingerprint density at radius 2 is 1.92 bits per heavy atom. The van der Waals surface area contributed by atoms with Crippen LogP contribution in [0.5, 0.6) is 5.75 Å². The first-order chi connectivity index (χ1) is 12.4. The van der Waals surface area contributed by atoms with Crippen LogP contribution in [0.2, 0.25) is 0 Å². The van der Waals surface area contributed by atoms with Gasteiger partial charge in [-0.05, 0) is 34.2 Å². The summed E-state index contributed by atoms with van der Waals surface area (Å²) in [5.41, 5.74) is 0.577. The van der Waals surface area contributed by atoms with Crippen LogP contribution in [0.1, 0.15) is 11.1 Å². The van der Waals surface area contributed by atoms with Gasteiger partial charge in [0, 0.05) is 17.7 Å². The number of non-ortho nitro benzene ring substituents is 1. The van der Waals surface area contributed by atoms with Crippen molar-refractivity contribution in [3.05, 3.63) is 73.0 Å². The fourth-order valence-electron chi connectivity index (χ4n) is 2.46. The lowest BCUT2D eigenvalue weighted by atomic mass is 10.1. The lowest BCUT2D eigenvalue weighted by Crippen LogP contribution is -2.30. The van der Waals surface area contributed by atoms with Gasteiger partial charge in [0.1, 0.15) is 11.4 Å². The Bertz CT molecular complexity index is 943. The van der Waals surface area contributed by atoms with Gasteiger partial charge >= 0.3 is 6.03 Å². The predicted octanol–water partition coefficient (Wildman–Crippen LogP) is 3.00. The van der Waals surface area contributed by atoms with Gasteiger partial charge in [0.15, 0.2) is 0 Å². The number of nitro benzene ring substituents is 1. The van der Waals surface area contributed by atoms with Crippen molar-refractivity contribution < 1.29 is 19.6 Å². The quantitative estimate of drug-likeness (QED) is 0.237. The van der Waals surface area contributed by atoms with E-state index in [-0.39, 0.29) is 32.8 Å². The molecule has 2 aromatic carbocycles. The molecule has 9 heteroatoms. The van der Waals surface area contributed by atoms with Crippen LogP contribution in [0.4, 0.5) is 10.5 Å². The third-order valence-electron chi connectivity index (χ3n) is 3.73. The standard InChI is InChI=1S/C17H12IN3O5/c18-13-8-12(21(25)26)6-11(15(13)22)7-14-16(23)20(17(24)19-14)9-10-4-2-1-3-5-10/h1-8,22H,9H2,(H,19,24)/b14-7+. The number of phenols is 1. The number of urea groups is 1. The first-order valence-corrected chi connectivity index (χ1v) is 8.50. The molecule has 1 saturated heterocycles. The Kier molecular flexibility index (Phi) is 4.89. The van der Waals surface area contributed by atoms with E-state index in [1.54, 1.807) is 46.9 Å². The van der Waals surface area contributed by atoms with Gasteiger partial charge in [-0.25, -0.2) is 4.79 Å². The normalized spacial score (nSPS) is 15.4. The van der Waals surface area contributed by atoms with E-state index in [0.29, 0.717) is 0 Å². The fourth-order valence-corrected chi connectivity index (χ4v) is 3.09. The number of benzene rings is 2. The SMILES string of the molecule is O=C1N/C(=C/c2cc([N+](=O)[O-])cc(I)c2O)C(=O)N1Cc1ccccc1. The third kappa shape index (κ3) is 3.52. The van der Waals surface area contributed by atoms with Crippen molar-refractivity contribution in [2.75, 3.05) is 0 Å². The minimum Gasteiger partial charge on any atom is -0.506 e. The fraction of sp³-hybridized carbons (Fsp3) is 0.0588. The molecule has 0 aliphatic carbocycles. The molecule has 3 rings (SSSR count). The zero-order valence-electron chi connectivity index (χ0n) is 13.2. The van der Waals surface area contributed by atoms with Crippen molar-refractivity contribution in [1.82, 2.24) is 10.2 Å². The van der Waals surface area contributed by atoms with Crippen LogP contribution in [0.3, 0.4) is 0 Å². The molecule has 132 valence electrons. The Labute approximate surface area is 161 Å². The van der Waals surface area contributed by atoms with Crippen molar-refractivity contribution in [3.8, 4) is 5.75 Å². The summed E-state index contributed by atoms with van der Waals surface area (Å²) in [6.07, 6.45) is 1.23. The van der Waals surface area contributed by atoms with E-state index in [1.165, 1.54) is 12.1 Å². The Hall–Kier alpha value is -2.95. The first-order valence-electron chi connectivity index (χ1n) is 7.42. The minimum atomic E-state index is -0.597. The molecule has 1 aliphatic heterocycles. The number of nitrogens with one attached hydrogen (secondary N) is 1. The predicted molar refractivity (Wildman–Crippen MR) is 101 cm³/mol. The van der Waals surface area contributed by atoms with Crippen LogP contribution in [-0.2, 0) is 11.3 Å². The number of aromatic hydroxyl groups is 1. The van der Waals surface area contributed by atoms with Gasteiger partial charge in [0.05, 0.1) is 15.0 Å². The number of nitrogens with zero attached hydrogens (tertiary/aromatic N) is 2. The average molecular weight is 465 g/mol. The molecular formula is C17H12IN3O5. The number of halogens is 1. The molecule has 2 N–H and O–H groups in total. The summed E-state index contributed by atoms with van der Waals surface area (Å²) < 4.78 is 0.265. The summed E-state index contributed by atoms with van der Waals surface area (Å²) >= 11 is 1.76. The van der Waals surface area contributed by atoms with Gasteiger partial charge in [0.25, 0.3) is 11.6 Å². The summed E-state index contributed by atoms with van der Waals surface area (Å²) in [6.45, 7) is 0.0985. The van der Waals surface area contributed by atoms with Gasteiger partial charge in [-0.3, -0.25) is 19.8 Å². The van der Waals surface area contributed by atoms with Crippen LogP contribution in [0.15, 0.2) is 48.2 Å². The molecule has 1 heterocycles. The van der Waals surface area contributed by atoms with E-state index in [9.17, 15) is 24.8 Å². The molecule has 26 heavy (non-hydrogen) atoms. The van der Waals surface area contributed by atoms with Crippen LogP contribution >= 0.6 is 22.6 Å². The number of nitro groups is 1. The van der Waals surface area contributed by atoms with Gasteiger partial charge in [-0.1, -0.05) is 30.3 Å². The molecule has 1 fully saturated rings. The topological polar surface area (TPSA) is 113 Å². The maximum Gasteiger partial charge on any atom is 0.329 e. The number of hydrogen-bond acceptors (Lipinski definition) is 5. The van der Waals surface area contributed by atoms with E-state index in [2.05, 4.69) is 5.32 Å². The number of hydrogen-bond donors (Lipinski definition) is 2. The second-order valence-electron chi connectivity index (χ2n) is 5.49. The van der Waals surface area contributed by atoms with Crippen molar-refractivity contribution in [2.24, 2.45) is 0 Å². The second-order valence-corrected chi connectivity index (χ2v) is 6.65. The largest absolute Gasteiger partial charge is 0.506 e.